The van der Waals surface area contributed by atoms with Gasteiger partial charge in [0.15, 0.2) is 0 Å². The number of halogens is 4. The van der Waals surface area contributed by atoms with E-state index in [1.165, 1.54) is 0 Å². The van der Waals surface area contributed by atoms with Crippen molar-refractivity contribution in [2.24, 2.45) is 4.99 Å². The summed E-state index contributed by atoms with van der Waals surface area (Å²) in [5, 5.41) is 8.25. The highest BCUT2D eigenvalue weighted by molar-refractivity contribution is 6.33. The zero-order valence-electron chi connectivity index (χ0n) is 7.22. The number of hydrogen-bond donors (Lipinski definition) is 2. The summed E-state index contributed by atoms with van der Waals surface area (Å²) in [5.41, 5.74) is 0.644. The summed E-state index contributed by atoms with van der Waals surface area (Å²) in [7, 11) is 0. The van der Waals surface area contributed by atoms with Gasteiger partial charge < -0.3 is 0 Å². The minimum Gasteiger partial charge on any atom is -0.290 e. The Morgan fingerprint density at radius 1 is 1.40 bits per heavy atom. The molecule has 0 aliphatic heterocycles. The van der Waals surface area contributed by atoms with Gasteiger partial charge in [-0.2, -0.15) is 13.2 Å². The van der Waals surface area contributed by atoms with Crippen LogP contribution < -0.4 is 5.48 Å². The average molecular weight is 239 g/mol. The Morgan fingerprint density at radius 3 is 2.60 bits per heavy atom. The maximum absolute atomic E-state index is 12.3. The highest BCUT2D eigenvalue weighted by Crippen LogP contribution is 2.34. The molecule has 0 bridgehead atoms. The SMILES string of the molecule is ONC=Nc1cc(C(F)(F)F)ccc1Cl. The molecule has 0 unspecified atom stereocenters. The maximum atomic E-state index is 12.3. The molecule has 0 amide bonds. The highest BCUT2D eigenvalue weighted by Gasteiger charge is 2.30. The van der Waals surface area contributed by atoms with E-state index in [-0.39, 0.29) is 10.7 Å². The summed E-state index contributed by atoms with van der Waals surface area (Å²) < 4.78 is 36.8. The normalized spacial score (nSPS) is 12.1. The van der Waals surface area contributed by atoms with Crippen LogP contribution in [0.25, 0.3) is 0 Å². The van der Waals surface area contributed by atoms with Gasteiger partial charge in [0.25, 0.3) is 0 Å². The molecule has 0 aromatic heterocycles. The fraction of sp³-hybridized carbons (Fsp3) is 0.125. The molecule has 1 aromatic carbocycles. The van der Waals surface area contributed by atoms with Crippen molar-refractivity contribution in [1.29, 1.82) is 0 Å². The standard InChI is InChI=1S/C8H6ClF3N2O/c9-6-2-1-5(8(10,11)12)3-7(6)13-4-14-15/h1-4,15H,(H,13,14). The second-order valence-corrected chi connectivity index (χ2v) is 2.96. The van der Waals surface area contributed by atoms with Gasteiger partial charge in [-0.1, -0.05) is 11.6 Å². The topological polar surface area (TPSA) is 44.6 Å². The summed E-state index contributed by atoms with van der Waals surface area (Å²) in [6.07, 6.45) is -3.62. The third kappa shape index (κ3) is 3.10. The Bertz CT molecular complexity index is 379. The van der Waals surface area contributed by atoms with Crippen LogP contribution in [-0.4, -0.2) is 11.5 Å². The van der Waals surface area contributed by atoms with Crippen molar-refractivity contribution in [2.45, 2.75) is 6.18 Å². The largest absolute Gasteiger partial charge is 0.416 e. The predicted molar refractivity (Wildman–Crippen MR) is 49.5 cm³/mol. The van der Waals surface area contributed by atoms with Crippen LogP contribution in [-0.2, 0) is 6.18 Å². The average Bonchev–Trinajstić information content (AvgIpc) is 2.15. The van der Waals surface area contributed by atoms with Crippen LogP contribution in [0, 0.1) is 0 Å². The highest BCUT2D eigenvalue weighted by atomic mass is 35.5. The van der Waals surface area contributed by atoms with E-state index in [9.17, 15) is 13.2 Å². The summed E-state index contributed by atoms with van der Waals surface area (Å²) in [6, 6.07) is 2.73. The van der Waals surface area contributed by atoms with Gasteiger partial charge in [0.1, 0.15) is 6.34 Å². The molecule has 0 aliphatic carbocycles. The van der Waals surface area contributed by atoms with Crippen molar-refractivity contribution in [1.82, 2.24) is 5.48 Å². The maximum Gasteiger partial charge on any atom is 0.416 e. The van der Waals surface area contributed by atoms with E-state index in [2.05, 4.69) is 4.99 Å². The van der Waals surface area contributed by atoms with Crippen LogP contribution in [0.3, 0.4) is 0 Å². The number of hydrogen-bond acceptors (Lipinski definition) is 2. The Hall–Kier alpha value is -1.27. The van der Waals surface area contributed by atoms with E-state index < -0.39 is 11.7 Å². The van der Waals surface area contributed by atoms with Gasteiger partial charge in [0.05, 0.1) is 16.3 Å². The van der Waals surface area contributed by atoms with E-state index in [1.807, 2.05) is 0 Å². The lowest BCUT2D eigenvalue weighted by Gasteiger charge is -2.07. The molecule has 0 saturated heterocycles. The smallest absolute Gasteiger partial charge is 0.290 e. The van der Waals surface area contributed by atoms with Crippen molar-refractivity contribution < 1.29 is 18.4 Å². The minimum atomic E-state index is -4.44. The van der Waals surface area contributed by atoms with Crippen molar-refractivity contribution >= 4 is 23.6 Å². The number of benzene rings is 1. The Labute approximate surface area is 88.2 Å². The fourth-order valence-electron chi connectivity index (χ4n) is 0.886. The van der Waals surface area contributed by atoms with Crippen molar-refractivity contribution in [3.8, 4) is 0 Å². The summed E-state index contributed by atoms with van der Waals surface area (Å²) in [5.74, 6) is 0. The number of nitrogens with one attached hydrogen (secondary N) is 1. The monoisotopic (exact) mass is 238 g/mol. The number of nitrogens with zero attached hydrogens (tertiary/aromatic N) is 1. The van der Waals surface area contributed by atoms with Crippen molar-refractivity contribution in [3.05, 3.63) is 28.8 Å². The van der Waals surface area contributed by atoms with Crippen LogP contribution in [0.15, 0.2) is 23.2 Å². The van der Waals surface area contributed by atoms with Gasteiger partial charge in [-0.05, 0) is 18.2 Å². The molecule has 1 rings (SSSR count). The molecule has 15 heavy (non-hydrogen) atoms. The first-order valence-corrected chi connectivity index (χ1v) is 4.12. The van der Waals surface area contributed by atoms with Gasteiger partial charge in [-0.15, -0.1) is 0 Å². The van der Waals surface area contributed by atoms with E-state index in [4.69, 9.17) is 16.8 Å². The molecule has 0 fully saturated rings. The number of aliphatic imine (C=N–C) groups is 1. The number of rotatable bonds is 2. The molecule has 3 nitrogen and oxygen atoms in total. The first kappa shape index (κ1) is 11.8. The zero-order valence-corrected chi connectivity index (χ0v) is 7.97. The van der Waals surface area contributed by atoms with E-state index in [0.717, 1.165) is 24.5 Å². The molecule has 0 radical (unpaired) electrons. The van der Waals surface area contributed by atoms with Crippen LogP contribution in [0.5, 0.6) is 0 Å². The van der Waals surface area contributed by atoms with Crippen LogP contribution in [0.2, 0.25) is 5.02 Å². The lowest BCUT2D eigenvalue weighted by atomic mass is 10.2. The number of alkyl halides is 3. The van der Waals surface area contributed by atoms with Gasteiger partial charge in [0.2, 0.25) is 0 Å². The molecular weight excluding hydrogens is 233 g/mol. The Kier molecular flexibility index (Phi) is 3.54. The molecule has 82 valence electrons. The first-order valence-electron chi connectivity index (χ1n) is 3.74. The van der Waals surface area contributed by atoms with Crippen molar-refractivity contribution in [2.75, 3.05) is 0 Å². The van der Waals surface area contributed by atoms with E-state index in [0.29, 0.717) is 0 Å². The minimum absolute atomic E-state index is 0.0644. The Morgan fingerprint density at radius 2 is 2.07 bits per heavy atom. The lowest BCUT2D eigenvalue weighted by Crippen LogP contribution is -2.04. The quantitative estimate of drug-likeness (QED) is 0.473. The Balaban J connectivity index is 3.11. The van der Waals surface area contributed by atoms with Gasteiger partial charge in [-0.3, -0.25) is 10.7 Å². The van der Waals surface area contributed by atoms with Crippen LogP contribution in [0.1, 0.15) is 5.56 Å². The summed E-state index contributed by atoms with van der Waals surface area (Å²) >= 11 is 5.59. The number of hydroxylamine groups is 1. The second kappa shape index (κ2) is 4.50. The third-order valence-corrected chi connectivity index (χ3v) is 1.85. The van der Waals surface area contributed by atoms with Gasteiger partial charge >= 0.3 is 6.18 Å². The molecule has 0 spiro atoms. The van der Waals surface area contributed by atoms with Gasteiger partial charge in [-0.25, -0.2) is 4.99 Å². The molecule has 2 N–H and O–H groups in total. The lowest BCUT2D eigenvalue weighted by molar-refractivity contribution is -0.137. The molecule has 0 atom stereocenters. The molecule has 0 saturated carbocycles. The van der Waals surface area contributed by atoms with E-state index >= 15 is 0 Å². The fourth-order valence-corrected chi connectivity index (χ4v) is 1.05. The van der Waals surface area contributed by atoms with Gasteiger partial charge in [0, 0.05) is 0 Å². The molecule has 0 aliphatic rings. The molecular formula is C8H6ClF3N2O. The second-order valence-electron chi connectivity index (χ2n) is 2.55. The third-order valence-electron chi connectivity index (χ3n) is 1.53. The van der Waals surface area contributed by atoms with E-state index in [1.54, 1.807) is 5.48 Å². The van der Waals surface area contributed by atoms with Crippen LogP contribution in [0.4, 0.5) is 18.9 Å². The summed E-state index contributed by atoms with van der Waals surface area (Å²) in [6.45, 7) is 0. The molecule has 1 aromatic rings. The summed E-state index contributed by atoms with van der Waals surface area (Å²) in [4.78, 5) is 3.48. The first-order chi connectivity index (χ1) is 6.95. The zero-order chi connectivity index (χ0) is 11.5. The molecule has 7 heteroatoms. The predicted octanol–water partition coefficient (Wildman–Crippen LogP) is 3.00. The van der Waals surface area contributed by atoms with Crippen LogP contribution >= 0.6 is 11.6 Å². The van der Waals surface area contributed by atoms with Crippen molar-refractivity contribution in [3.63, 3.8) is 0 Å². The molecule has 0 heterocycles.